The number of aromatic nitrogens is 3. The third-order valence-electron chi connectivity index (χ3n) is 3.09. The average Bonchev–Trinajstić information content (AvgIpc) is 2.96. The van der Waals surface area contributed by atoms with E-state index in [9.17, 15) is 0 Å². The maximum Gasteiger partial charge on any atom is 0.0725 e. The number of hydrogen-bond donors (Lipinski definition) is 1. The second kappa shape index (κ2) is 5.43. The largest absolute Gasteiger partial charge is 0.311 e. The smallest absolute Gasteiger partial charge is 0.0725 e. The molecule has 0 aliphatic carbocycles. The standard InChI is InChI=1S/C12H22N4/c1-10(2)4-3-7-16-12(9-14-15-16)6-5-11-8-13-11/h9-11,13H,3-8H2,1-2H3. The van der Waals surface area contributed by atoms with Crippen LogP contribution in [0.3, 0.4) is 0 Å². The molecular formula is C12H22N4. The van der Waals surface area contributed by atoms with Crippen molar-refractivity contribution in [1.29, 1.82) is 0 Å². The third-order valence-corrected chi connectivity index (χ3v) is 3.09. The second-order valence-corrected chi connectivity index (χ2v) is 5.13. The van der Waals surface area contributed by atoms with E-state index in [1.54, 1.807) is 0 Å². The first kappa shape index (κ1) is 11.6. The first-order valence-corrected chi connectivity index (χ1v) is 6.36. The Morgan fingerprint density at radius 3 is 3.06 bits per heavy atom. The molecule has 90 valence electrons. The van der Waals surface area contributed by atoms with Crippen molar-refractivity contribution in [3.05, 3.63) is 11.9 Å². The van der Waals surface area contributed by atoms with E-state index in [1.165, 1.54) is 31.5 Å². The minimum Gasteiger partial charge on any atom is -0.311 e. The van der Waals surface area contributed by atoms with Crippen molar-refractivity contribution < 1.29 is 0 Å². The van der Waals surface area contributed by atoms with Gasteiger partial charge in [-0.25, -0.2) is 4.68 Å². The molecule has 0 saturated carbocycles. The lowest BCUT2D eigenvalue weighted by molar-refractivity contribution is 0.471. The SMILES string of the molecule is CC(C)CCCn1nncc1CCC1CN1. The van der Waals surface area contributed by atoms with Gasteiger partial charge in [0.05, 0.1) is 11.9 Å². The Morgan fingerprint density at radius 1 is 1.56 bits per heavy atom. The average molecular weight is 222 g/mol. The second-order valence-electron chi connectivity index (χ2n) is 5.13. The van der Waals surface area contributed by atoms with Gasteiger partial charge in [0, 0.05) is 19.1 Å². The van der Waals surface area contributed by atoms with Crippen LogP contribution in [-0.2, 0) is 13.0 Å². The zero-order chi connectivity index (χ0) is 11.4. The fraction of sp³-hybridized carbons (Fsp3) is 0.833. The first-order valence-electron chi connectivity index (χ1n) is 6.36. The van der Waals surface area contributed by atoms with Crippen LogP contribution in [0.4, 0.5) is 0 Å². The Kier molecular flexibility index (Phi) is 3.93. The predicted octanol–water partition coefficient (Wildman–Crippen LogP) is 1.62. The van der Waals surface area contributed by atoms with Gasteiger partial charge in [0.15, 0.2) is 0 Å². The molecule has 1 aliphatic rings. The van der Waals surface area contributed by atoms with Gasteiger partial charge in [-0.3, -0.25) is 0 Å². The summed E-state index contributed by atoms with van der Waals surface area (Å²) in [7, 11) is 0. The molecule has 1 aromatic heterocycles. The lowest BCUT2D eigenvalue weighted by Crippen LogP contribution is -2.07. The summed E-state index contributed by atoms with van der Waals surface area (Å²) in [5.74, 6) is 0.780. The molecule has 1 atom stereocenters. The van der Waals surface area contributed by atoms with Crippen LogP contribution in [0, 0.1) is 5.92 Å². The molecule has 2 rings (SSSR count). The van der Waals surface area contributed by atoms with Crippen LogP contribution in [0.1, 0.15) is 38.8 Å². The highest BCUT2D eigenvalue weighted by molar-refractivity contribution is 4.97. The summed E-state index contributed by atoms with van der Waals surface area (Å²) in [6.45, 7) is 6.74. The predicted molar refractivity (Wildman–Crippen MR) is 64.2 cm³/mol. The normalized spacial score (nSPS) is 19.3. The van der Waals surface area contributed by atoms with Gasteiger partial charge in [-0.1, -0.05) is 19.1 Å². The maximum absolute atomic E-state index is 4.16. The number of aryl methyl sites for hydroxylation is 2. The Balaban J connectivity index is 1.76. The number of nitrogens with zero attached hydrogens (tertiary/aromatic N) is 3. The minimum absolute atomic E-state index is 0.749. The van der Waals surface area contributed by atoms with Crippen LogP contribution in [0.2, 0.25) is 0 Å². The van der Waals surface area contributed by atoms with Crippen molar-refractivity contribution >= 4 is 0 Å². The van der Waals surface area contributed by atoms with Gasteiger partial charge in [-0.05, 0) is 31.6 Å². The monoisotopic (exact) mass is 222 g/mol. The molecule has 1 unspecified atom stereocenters. The van der Waals surface area contributed by atoms with E-state index in [0.717, 1.165) is 24.9 Å². The molecule has 4 heteroatoms. The summed E-state index contributed by atoms with van der Waals surface area (Å²) in [5.41, 5.74) is 1.29. The van der Waals surface area contributed by atoms with E-state index in [1.807, 2.05) is 6.20 Å². The van der Waals surface area contributed by atoms with Crippen LogP contribution in [0.15, 0.2) is 6.20 Å². The minimum atomic E-state index is 0.749. The van der Waals surface area contributed by atoms with Gasteiger partial charge in [0.1, 0.15) is 0 Å². The highest BCUT2D eigenvalue weighted by Crippen LogP contribution is 2.11. The topological polar surface area (TPSA) is 52.7 Å². The molecule has 2 heterocycles. The van der Waals surface area contributed by atoms with E-state index >= 15 is 0 Å². The van der Waals surface area contributed by atoms with E-state index < -0.39 is 0 Å². The lowest BCUT2D eigenvalue weighted by atomic mass is 10.1. The molecule has 0 spiro atoms. The quantitative estimate of drug-likeness (QED) is 0.713. The van der Waals surface area contributed by atoms with Gasteiger partial charge in [-0.15, -0.1) is 5.10 Å². The lowest BCUT2D eigenvalue weighted by Gasteiger charge is -2.07. The highest BCUT2D eigenvalue weighted by atomic mass is 15.4. The fourth-order valence-corrected chi connectivity index (χ4v) is 1.92. The van der Waals surface area contributed by atoms with E-state index in [4.69, 9.17) is 0 Å². The van der Waals surface area contributed by atoms with E-state index in [0.29, 0.717) is 0 Å². The summed E-state index contributed by atoms with van der Waals surface area (Å²) in [4.78, 5) is 0. The fourth-order valence-electron chi connectivity index (χ4n) is 1.92. The maximum atomic E-state index is 4.16. The van der Waals surface area contributed by atoms with Gasteiger partial charge in [-0.2, -0.15) is 0 Å². The van der Waals surface area contributed by atoms with Gasteiger partial charge in [0.25, 0.3) is 0 Å². The van der Waals surface area contributed by atoms with E-state index in [2.05, 4.69) is 34.2 Å². The Labute approximate surface area is 97.4 Å². The Hall–Kier alpha value is -0.900. The molecule has 16 heavy (non-hydrogen) atoms. The van der Waals surface area contributed by atoms with Crippen molar-refractivity contribution in [2.45, 2.75) is 52.1 Å². The van der Waals surface area contributed by atoms with E-state index in [-0.39, 0.29) is 0 Å². The van der Waals surface area contributed by atoms with Crippen LogP contribution < -0.4 is 5.32 Å². The summed E-state index contributed by atoms with van der Waals surface area (Å²) in [5, 5.41) is 11.5. The molecule has 1 aliphatic heterocycles. The molecule has 1 aromatic rings. The Morgan fingerprint density at radius 2 is 2.38 bits per heavy atom. The number of nitrogens with one attached hydrogen (secondary N) is 1. The van der Waals surface area contributed by atoms with Crippen LogP contribution in [0.25, 0.3) is 0 Å². The van der Waals surface area contributed by atoms with Crippen LogP contribution in [-0.4, -0.2) is 27.6 Å². The van der Waals surface area contributed by atoms with Crippen molar-refractivity contribution in [2.75, 3.05) is 6.54 Å². The van der Waals surface area contributed by atoms with Crippen molar-refractivity contribution in [3.63, 3.8) is 0 Å². The highest BCUT2D eigenvalue weighted by Gasteiger charge is 2.19. The summed E-state index contributed by atoms with van der Waals surface area (Å²) in [6, 6.07) is 0.749. The zero-order valence-electron chi connectivity index (χ0n) is 10.3. The van der Waals surface area contributed by atoms with Gasteiger partial charge >= 0.3 is 0 Å². The number of hydrogen-bond acceptors (Lipinski definition) is 3. The molecule has 1 N–H and O–H groups in total. The van der Waals surface area contributed by atoms with Gasteiger partial charge in [0.2, 0.25) is 0 Å². The molecule has 1 fully saturated rings. The van der Waals surface area contributed by atoms with Crippen LogP contribution >= 0.6 is 0 Å². The number of rotatable bonds is 7. The van der Waals surface area contributed by atoms with Gasteiger partial charge < -0.3 is 5.32 Å². The summed E-state index contributed by atoms with van der Waals surface area (Å²) < 4.78 is 2.07. The molecule has 0 bridgehead atoms. The molecular weight excluding hydrogens is 200 g/mol. The molecule has 1 saturated heterocycles. The Bertz CT molecular complexity index is 315. The first-order chi connectivity index (χ1) is 7.75. The molecule has 0 aromatic carbocycles. The summed E-state index contributed by atoms with van der Waals surface area (Å²) in [6.07, 6.45) is 6.71. The van der Waals surface area contributed by atoms with Crippen LogP contribution in [0.5, 0.6) is 0 Å². The zero-order valence-corrected chi connectivity index (χ0v) is 10.3. The molecule has 0 amide bonds. The van der Waals surface area contributed by atoms with Crippen molar-refractivity contribution in [1.82, 2.24) is 20.3 Å². The third kappa shape index (κ3) is 3.59. The van der Waals surface area contributed by atoms with Crippen molar-refractivity contribution in [3.8, 4) is 0 Å². The van der Waals surface area contributed by atoms with Crippen molar-refractivity contribution in [2.24, 2.45) is 5.92 Å². The molecule has 0 radical (unpaired) electrons. The molecule has 4 nitrogen and oxygen atoms in total. The summed E-state index contributed by atoms with van der Waals surface area (Å²) >= 11 is 0.